The number of pyridine rings is 1. The highest BCUT2D eigenvalue weighted by atomic mass is 16.3. The Morgan fingerprint density at radius 3 is 1.52 bits per heavy atom. The summed E-state index contributed by atoms with van der Waals surface area (Å²) in [4.78, 5) is 0. The van der Waals surface area contributed by atoms with Gasteiger partial charge < -0.3 is 8.83 Å². The van der Waals surface area contributed by atoms with Crippen molar-refractivity contribution in [1.82, 2.24) is 0 Å². The normalized spacial score (nSPS) is 13.4. The largest absolute Gasteiger partial charge is 0.456 e. The minimum absolute atomic E-state index is 0.134. The maximum Gasteiger partial charge on any atom is 0.216 e. The summed E-state index contributed by atoms with van der Waals surface area (Å²) in [5, 5.41) is 4.33. The Morgan fingerprint density at radius 2 is 0.948 bits per heavy atom. The van der Waals surface area contributed by atoms with Gasteiger partial charge in [0.2, 0.25) is 5.69 Å². The van der Waals surface area contributed by atoms with Crippen LogP contribution in [-0.2, 0) is 5.54 Å². The maximum absolute atomic E-state index is 6.49. The molecule has 3 aromatic heterocycles. The van der Waals surface area contributed by atoms with Crippen LogP contribution in [0.1, 0.15) is 37.8 Å². The van der Waals surface area contributed by atoms with Gasteiger partial charge in [-0.3, -0.25) is 0 Å². The van der Waals surface area contributed by atoms with Gasteiger partial charge in [0, 0.05) is 57.7 Å². The van der Waals surface area contributed by atoms with Crippen molar-refractivity contribution in [3.63, 3.8) is 0 Å². The van der Waals surface area contributed by atoms with E-state index in [1.165, 1.54) is 55.8 Å². The van der Waals surface area contributed by atoms with Crippen LogP contribution in [0, 0.1) is 6.92 Å². The smallest absolute Gasteiger partial charge is 0.216 e. The van der Waals surface area contributed by atoms with Crippen LogP contribution in [0.5, 0.6) is 0 Å². The molecule has 0 aliphatic carbocycles. The quantitative estimate of drug-likeness (QED) is 0.159. The Bertz CT molecular complexity index is 3210. The number of hydrogen-bond donors (Lipinski definition) is 0. The van der Waals surface area contributed by atoms with E-state index in [9.17, 15) is 0 Å². The minimum Gasteiger partial charge on any atom is -0.456 e. The molecule has 0 saturated heterocycles. The molecule has 3 heteroatoms. The first-order valence-electron chi connectivity index (χ1n) is 20.4. The van der Waals surface area contributed by atoms with E-state index in [-0.39, 0.29) is 5.54 Å². The zero-order valence-corrected chi connectivity index (χ0v) is 33.0. The van der Waals surface area contributed by atoms with Crippen LogP contribution in [0.15, 0.2) is 179 Å². The molecule has 4 heterocycles. The van der Waals surface area contributed by atoms with Crippen molar-refractivity contribution >= 4 is 49.5 Å². The van der Waals surface area contributed by atoms with Gasteiger partial charge in [0.05, 0.1) is 5.56 Å². The number of aromatic nitrogens is 1. The van der Waals surface area contributed by atoms with E-state index in [4.69, 9.17) is 15.4 Å². The molecular formula is C55H42NO2+. The van der Waals surface area contributed by atoms with E-state index in [0.717, 1.165) is 73.4 Å². The number of hydrogen-bond acceptors (Lipinski definition) is 2. The molecular weight excluding hydrogens is 707 g/mol. The first-order chi connectivity index (χ1) is 28.4. The SMILES string of the molecule is C=C1c2ccc(-c3ccc4oc5cc6oc7ccc(-c8cc(-c9ccccc9)cc(-c9ccccc9)c8)cc7c6cc5c4c3)cc2-c2c(C)ccc[n+]2C1(CC)CC. The van der Waals surface area contributed by atoms with Crippen LogP contribution in [0.3, 0.4) is 0 Å². The van der Waals surface area contributed by atoms with Crippen molar-refractivity contribution in [3.05, 3.63) is 182 Å². The summed E-state index contributed by atoms with van der Waals surface area (Å²) in [5.41, 5.74) is 18.8. The molecule has 0 radical (unpaired) electrons. The highest BCUT2D eigenvalue weighted by Gasteiger charge is 2.47. The summed E-state index contributed by atoms with van der Waals surface area (Å²) in [7, 11) is 0. The van der Waals surface area contributed by atoms with Crippen molar-refractivity contribution in [1.29, 1.82) is 0 Å². The molecule has 0 saturated carbocycles. The first-order valence-corrected chi connectivity index (χ1v) is 20.4. The van der Waals surface area contributed by atoms with Gasteiger partial charge in [0.25, 0.3) is 0 Å². The van der Waals surface area contributed by atoms with E-state index in [0.29, 0.717) is 0 Å². The van der Waals surface area contributed by atoms with Gasteiger partial charge in [0.15, 0.2) is 11.7 Å². The zero-order valence-electron chi connectivity index (χ0n) is 33.0. The average Bonchev–Trinajstić information content (AvgIpc) is 3.82. The topological polar surface area (TPSA) is 30.2 Å². The molecule has 0 unspecified atom stereocenters. The second-order valence-electron chi connectivity index (χ2n) is 15.9. The van der Waals surface area contributed by atoms with Crippen molar-refractivity contribution in [2.45, 2.75) is 39.2 Å². The third-order valence-corrected chi connectivity index (χ3v) is 12.9. The second-order valence-corrected chi connectivity index (χ2v) is 15.9. The third kappa shape index (κ3) is 5.16. The Balaban J connectivity index is 1.04. The van der Waals surface area contributed by atoms with Crippen LogP contribution in [-0.4, -0.2) is 0 Å². The van der Waals surface area contributed by atoms with E-state index >= 15 is 0 Å². The Kier molecular flexibility index (Phi) is 7.71. The predicted molar refractivity (Wildman–Crippen MR) is 241 cm³/mol. The molecule has 11 rings (SSSR count). The second kappa shape index (κ2) is 13.0. The van der Waals surface area contributed by atoms with Crippen LogP contribution in [0.2, 0.25) is 0 Å². The molecule has 0 atom stereocenters. The average molecular weight is 749 g/mol. The van der Waals surface area contributed by atoms with Crippen molar-refractivity contribution in [2.75, 3.05) is 0 Å². The first kappa shape index (κ1) is 34.3. The fourth-order valence-corrected chi connectivity index (χ4v) is 9.71. The number of aryl methyl sites for hydroxylation is 1. The Morgan fingerprint density at radius 1 is 0.448 bits per heavy atom. The Labute approximate surface area is 338 Å². The minimum atomic E-state index is -0.134. The summed E-state index contributed by atoms with van der Waals surface area (Å²) >= 11 is 0. The number of nitrogens with zero attached hydrogens (tertiary/aromatic N) is 1. The summed E-state index contributed by atoms with van der Waals surface area (Å²) in [6.45, 7) is 11.5. The molecule has 0 fully saturated rings. The van der Waals surface area contributed by atoms with Gasteiger partial charge in [-0.2, -0.15) is 4.57 Å². The predicted octanol–water partition coefficient (Wildman–Crippen LogP) is 15.0. The summed E-state index contributed by atoms with van der Waals surface area (Å²) in [5.74, 6) is 0. The molecule has 1 aliphatic heterocycles. The highest BCUT2D eigenvalue weighted by molar-refractivity contribution is 6.16. The number of rotatable bonds is 6. The van der Waals surface area contributed by atoms with E-state index in [2.05, 4.69) is 189 Å². The van der Waals surface area contributed by atoms with Gasteiger partial charge in [-0.15, -0.1) is 0 Å². The summed E-state index contributed by atoms with van der Waals surface area (Å²) < 4.78 is 15.5. The lowest BCUT2D eigenvalue weighted by Crippen LogP contribution is -2.59. The van der Waals surface area contributed by atoms with Crippen LogP contribution >= 0.6 is 0 Å². The molecule has 7 aromatic carbocycles. The van der Waals surface area contributed by atoms with Gasteiger partial charge in [0.1, 0.15) is 22.3 Å². The van der Waals surface area contributed by atoms with Crippen LogP contribution < -0.4 is 4.57 Å². The number of furan rings is 2. The number of benzene rings is 7. The van der Waals surface area contributed by atoms with Crippen molar-refractivity contribution in [2.24, 2.45) is 0 Å². The summed E-state index contributed by atoms with van der Waals surface area (Å²) in [6, 6.07) is 56.9. The van der Waals surface area contributed by atoms with Gasteiger partial charge in [-0.05, 0) is 118 Å². The van der Waals surface area contributed by atoms with E-state index < -0.39 is 0 Å². The number of allylic oxidation sites excluding steroid dienone is 1. The van der Waals surface area contributed by atoms with Gasteiger partial charge in [-0.25, -0.2) is 0 Å². The van der Waals surface area contributed by atoms with E-state index in [1.54, 1.807) is 0 Å². The standard InChI is InChI=1S/C55H42NO2/c1-5-55(6-2)35(4)44-22-19-38(31-49(44)54-34(3)14-13-25-56(54)55)39-20-23-50-45(29-39)47-32-48-46-30-40(21-24-51(46)58-53(48)33-52(47)57-50)43-27-41(36-15-9-7-10-16-36)26-42(28-43)37-17-11-8-12-18-37/h7-33H,4-6H2,1-3H3/q+1. The summed E-state index contributed by atoms with van der Waals surface area (Å²) in [6.07, 6.45) is 4.23. The molecule has 0 spiro atoms. The van der Waals surface area contributed by atoms with Crippen molar-refractivity contribution < 1.29 is 13.4 Å². The zero-order chi connectivity index (χ0) is 39.1. The lowest BCUT2D eigenvalue weighted by atomic mass is 9.74. The molecule has 278 valence electrons. The molecule has 3 nitrogen and oxygen atoms in total. The molecule has 1 aliphatic rings. The molecule has 0 bridgehead atoms. The van der Waals surface area contributed by atoms with Crippen LogP contribution in [0.4, 0.5) is 0 Å². The maximum atomic E-state index is 6.49. The fraction of sp³-hybridized carbons (Fsp3) is 0.109. The van der Waals surface area contributed by atoms with Gasteiger partial charge >= 0.3 is 0 Å². The van der Waals surface area contributed by atoms with E-state index in [1.807, 2.05) is 0 Å². The Hall–Kier alpha value is -6.97. The highest BCUT2D eigenvalue weighted by Crippen LogP contribution is 2.46. The van der Waals surface area contributed by atoms with Crippen molar-refractivity contribution in [3.8, 4) is 55.8 Å². The third-order valence-electron chi connectivity index (χ3n) is 12.9. The van der Waals surface area contributed by atoms with Crippen LogP contribution in [0.25, 0.3) is 105 Å². The number of fused-ring (bicyclic) bond motifs is 9. The lowest BCUT2D eigenvalue weighted by Gasteiger charge is -2.35. The molecule has 0 N–H and O–H groups in total. The van der Waals surface area contributed by atoms with Gasteiger partial charge in [-0.1, -0.05) is 105 Å². The fourth-order valence-electron chi connectivity index (χ4n) is 9.71. The molecule has 0 amide bonds. The lowest BCUT2D eigenvalue weighted by molar-refractivity contribution is -0.741. The molecule has 58 heavy (non-hydrogen) atoms. The monoisotopic (exact) mass is 748 g/mol. The molecule has 10 aromatic rings.